The number of hydrogen-bond acceptors (Lipinski definition) is 4. The summed E-state index contributed by atoms with van der Waals surface area (Å²) < 4.78 is 76.1. The monoisotopic (exact) mass is 488 g/mol. The molecular weight excluding hydrogens is 463 g/mol. The fourth-order valence-corrected chi connectivity index (χ4v) is 3.51. The standard InChI is InChI=1S/C15H17F5O2.C8H8N2O2/c1-7(2)22-13-9(4-5-11(16)12(13)17)10-6-21-14(8(10)3)15(18,19)20;9-8(12)6-2-1-3-7(4-6)10-5-11/h4-5,7-8,10,14H,6H2,1-3H3;1-5H,(H2,9,12)(H,10,11). The quantitative estimate of drug-likeness (QED) is 0.452. The maximum Gasteiger partial charge on any atom is 0.414 e. The van der Waals surface area contributed by atoms with Crippen molar-refractivity contribution in [1.82, 2.24) is 0 Å². The highest BCUT2D eigenvalue weighted by Gasteiger charge is 2.51. The topological polar surface area (TPSA) is 90.7 Å². The van der Waals surface area contributed by atoms with E-state index in [1.165, 1.54) is 19.1 Å². The molecule has 0 aromatic heterocycles. The summed E-state index contributed by atoms with van der Waals surface area (Å²) in [6.45, 7) is 4.42. The van der Waals surface area contributed by atoms with E-state index in [2.05, 4.69) is 5.32 Å². The largest absolute Gasteiger partial charge is 0.488 e. The highest BCUT2D eigenvalue weighted by Crippen LogP contribution is 2.45. The van der Waals surface area contributed by atoms with Gasteiger partial charge in [-0.15, -0.1) is 0 Å². The highest BCUT2D eigenvalue weighted by atomic mass is 19.4. The Bertz CT molecular complexity index is 1010. The molecule has 3 N–H and O–H groups in total. The SMILES string of the molecule is CC(C)Oc1c(C2COC(C(F)(F)F)C2C)ccc(F)c1F.NC(=O)c1cccc(NC=O)c1. The first kappa shape index (κ1) is 27.0. The number of nitrogens with two attached hydrogens (primary N) is 1. The van der Waals surface area contributed by atoms with Crippen LogP contribution in [0.2, 0.25) is 0 Å². The molecule has 1 fully saturated rings. The van der Waals surface area contributed by atoms with Crippen LogP contribution in [0.15, 0.2) is 36.4 Å². The number of ether oxygens (including phenoxy) is 2. The first-order chi connectivity index (χ1) is 15.9. The van der Waals surface area contributed by atoms with Gasteiger partial charge in [0.15, 0.2) is 17.7 Å². The zero-order chi connectivity index (χ0) is 25.6. The van der Waals surface area contributed by atoms with Crippen molar-refractivity contribution in [2.75, 3.05) is 11.9 Å². The number of hydrogen-bond donors (Lipinski definition) is 2. The molecule has 34 heavy (non-hydrogen) atoms. The normalized spacial score (nSPS) is 19.9. The van der Waals surface area contributed by atoms with Crippen LogP contribution in [0.4, 0.5) is 27.6 Å². The Kier molecular flexibility index (Phi) is 8.97. The Labute approximate surface area is 193 Å². The van der Waals surface area contributed by atoms with Crippen LogP contribution in [0.1, 0.15) is 42.6 Å². The predicted octanol–water partition coefficient (Wildman–Crippen LogP) is 4.79. The predicted molar refractivity (Wildman–Crippen MR) is 114 cm³/mol. The van der Waals surface area contributed by atoms with Gasteiger partial charge in [-0.3, -0.25) is 9.59 Å². The van der Waals surface area contributed by atoms with Crippen molar-refractivity contribution in [3.63, 3.8) is 0 Å². The molecule has 0 bridgehead atoms. The first-order valence-electron chi connectivity index (χ1n) is 10.3. The van der Waals surface area contributed by atoms with Gasteiger partial charge in [-0.1, -0.05) is 19.1 Å². The smallest absolute Gasteiger partial charge is 0.414 e. The van der Waals surface area contributed by atoms with Gasteiger partial charge in [0, 0.05) is 28.7 Å². The van der Waals surface area contributed by atoms with E-state index >= 15 is 0 Å². The van der Waals surface area contributed by atoms with Gasteiger partial charge in [0.2, 0.25) is 18.1 Å². The Morgan fingerprint density at radius 1 is 1.24 bits per heavy atom. The van der Waals surface area contributed by atoms with Crippen molar-refractivity contribution < 1.29 is 41.0 Å². The summed E-state index contributed by atoms with van der Waals surface area (Å²) in [5, 5.41) is 2.41. The average molecular weight is 488 g/mol. The number of halogens is 5. The number of nitrogens with one attached hydrogen (secondary N) is 1. The summed E-state index contributed by atoms with van der Waals surface area (Å²) in [7, 11) is 0. The van der Waals surface area contributed by atoms with E-state index in [1.807, 2.05) is 0 Å². The number of carbonyl (C=O) groups excluding carboxylic acids is 2. The van der Waals surface area contributed by atoms with Crippen molar-refractivity contribution in [1.29, 1.82) is 0 Å². The van der Waals surface area contributed by atoms with Crippen LogP contribution in [-0.4, -0.2) is 37.3 Å². The lowest BCUT2D eigenvalue weighted by Crippen LogP contribution is -2.33. The second-order valence-electron chi connectivity index (χ2n) is 7.91. The van der Waals surface area contributed by atoms with Gasteiger partial charge in [-0.25, -0.2) is 4.39 Å². The summed E-state index contributed by atoms with van der Waals surface area (Å²) in [5.74, 6) is -4.76. The van der Waals surface area contributed by atoms with Gasteiger partial charge in [0.25, 0.3) is 0 Å². The maximum atomic E-state index is 14.0. The van der Waals surface area contributed by atoms with E-state index in [0.29, 0.717) is 17.7 Å². The number of carbonyl (C=O) groups is 2. The fourth-order valence-electron chi connectivity index (χ4n) is 3.51. The summed E-state index contributed by atoms with van der Waals surface area (Å²) in [6.07, 6.45) is -6.31. The molecule has 0 saturated carbocycles. The van der Waals surface area contributed by atoms with Gasteiger partial charge >= 0.3 is 6.18 Å². The van der Waals surface area contributed by atoms with Crippen LogP contribution in [0.5, 0.6) is 5.75 Å². The number of alkyl halides is 3. The molecule has 6 nitrogen and oxygen atoms in total. The minimum atomic E-state index is -4.49. The van der Waals surface area contributed by atoms with Crippen molar-refractivity contribution in [3.05, 3.63) is 59.2 Å². The van der Waals surface area contributed by atoms with Gasteiger partial charge in [0.1, 0.15) is 0 Å². The molecule has 1 aliphatic rings. The molecule has 2 aromatic rings. The molecule has 0 spiro atoms. The Balaban J connectivity index is 0.000000287. The lowest BCUT2D eigenvalue weighted by molar-refractivity contribution is -0.215. The summed E-state index contributed by atoms with van der Waals surface area (Å²) >= 11 is 0. The minimum absolute atomic E-state index is 0.201. The lowest BCUT2D eigenvalue weighted by Gasteiger charge is -2.23. The van der Waals surface area contributed by atoms with Crippen LogP contribution in [0, 0.1) is 17.6 Å². The average Bonchev–Trinajstić information content (AvgIpc) is 3.14. The molecular formula is C23H25F5N2O4. The zero-order valence-electron chi connectivity index (χ0n) is 18.7. The van der Waals surface area contributed by atoms with Crippen molar-refractivity contribution >= 4 is 18.0 Å². The number of rotatable bonds is 6. The summed E-state index contributed by atoms with van der Waals surface area (Å²) in [6, 6.07) is 8.56. The highest BCUT2D eigenvalue weighted by molar-refractivity contribution is 5.94. The summed E-state index contributed by atoms with van der Waals surface area (Å²) in [5.41, 5.74) is 6.16. The second kappa shape index (κ2) is 11.3. The third-order valence-electron chi connectivity index (χ3n) is 5.10. The molecule has 3 atom stereocenters. The van der Waals surface area contributed by atoms with Crippen LogP contribution in [0.25, 0.3) is 0 Å². The number of anilines is 1. The molecule has 2 aromatic carbocycles. The fraction of sp³-hybridized carbons (Fsp3) is 0.391. The van der Waals surface area contributed by atoms with Crippen LogP contribution in [-0.2, 0) is 9.53 Å². The Hall–Kier alpha value is -3.21. The molecule has 3 rings (SSSR count). The van der Waals surface area contributed by atoms with E-state index in [0.717, 1.165) is 6.07 Å². The van der Waals surface area contributed by atoms with Crippen LogP contribution < -0.4 is 15.8 Å². The van der Waals surface area contributed by atoms with Gasteiger partial charge < -0.3 is 20.5 Å². The molecule has 186 valence electrons. The summed E-state index contributed by atoms with van der Waals surface area (Å²) in [4.78, 5) is 20.7. The number of amides is 2. The molecule has 11 heteroatoms. The van der Waals surface area contributed by atoms with E-state index in [4.69, 9.17) is 15.2 Å². The van der Waals surface area contributed by atoms with Crippen molar-refractivity contribution in [2.45, 2.75) is 45.1 Å². The third-order valence-corrected chi connectivity index (χ3v) is 5.10. The van der Waals surface area contributed by atoms with E-state index in [1.54, 1.807) is 32.0 Å². The minimum Gasteiger partial charge on any atom is -0.488 e. The zero-order valence-corrected chi connectivity index (χ0v) is 18.7. The molecule has 3 unspecified atom stereocenters. The van der Waals surface area contributed by atoms with Gasteiger partial charge in [0.05, 0.1) is 12.7 Å². The van der Waals surface area contributed by atoms with E-state index < -0.39 is 47.8 Å². The second-order valence-corrected chi connectivity index (χ2v) is 7.91. The van der Waals surface area contributed by atoms with Crippen LogP contribution >= 0.6 is 0 Å². The molecule has 2 amide bonds. The van der Waals surface area contributed by atoms with Crippen LogP contribution in [0.3, 0.4) is 0 Å². The van der Waals surface area contributed by atoms with Gasteiger partial charge in [-0.05, 0) is 38.1 Å². The molecule has 1 saturated heterocycles. The van der Waals surface area contributed by atoms with Crippen molar-refractivity contribution in [2.24, 2.45) is 11.7 Å². The van der Waals surface area contributed by atoms with Gasteiger partial charge in [-0.2, -0.15) is 17.6 Å². The Morgan fingerprint density at radius 3 is 2.44 bits per heavy atom. The van der Waals surface area contributed by atoms with Crippen molar-refractivity contribution in [3.8, 4) is 5.75 Å². The Morgan fingerprint density at radius 2 is 1.91 bits per heavy atom. The third kappa shape index (κ3) is 6.66. The number of benzene rings is 2. The van der Waals surface area contributed by atoms with E-state index in [-0.39, 0.29) is 17.9 Å². The molecule has 1 heterocycles. The lowest BCUT2D eigenvalue weighted by atomic mass is 9.86. The molecule has 1 aliphatic heterocycles. The maximum absolute atomic E-state index is 14.0. The van der Waals surface area contributed by atoms with E-state index in [9.17, 15) is 31.5 Å². The molecule has 0 radical (unpaired) electrons. The number of primary amides is 1. The first-order valence-corrected chi connectivity index (χ1v) is 10.3. The molecule has 0 aliphatic carbocycles.